The summed E-state index contributed by atoms with van der Waals surface area (Å²) in [5.41, 5.74) is -8.08. The van der Waals surface area contributed by atoms with Gasteiger partial charge in [0.2, 0.25) is 5.41 Å². The van der Waals surface area contributed by atoms with Crippen molar-refractivity contribution in [1.82, 2.24) is 4.90 Å². The van der Waals surface area contributed by atoms with Crippen molar-refractivity contribution in [3.8, 4) is 0 Å². The number of carbonyl (C=O) groups excluding carboxylic acids is 4. The fourth-order valence-corrected chi connectivity index (χ4v) is 7.50. The van der Waals surface area contributed by atoms with E-state index in [1.54, 1.807) is 13.8 Å². The molecule has 4 aromatic carbocycles. The second kappa shape index (κ2) is 11.8. The van der Waals surface area contributed by atoms with Crippen LogP contribution in [-0.2, 0) is 5.41 Å². The van der Waals surface area contributed by atoms with Crippen molar-refractivity contribution in [3.05, 3.63) is 112 Å². The second-order valence-corrected chi connectivity index (χ2v) is 12.6. The third-order valence-corrected chi connectivity index (χ3v) is 10.3. The highest BCUT2D eigenvalue weighted by Crippen LogP contribution is 2.56. The Morgan fingerprint density at radius 2 is 1.04 bits per heavy atom. The lowest BCUT2D eigenvalue weighted by atomic mass is 9.73. The van der Waals surface area contributed by atoms with E-state index in [2.05, 4.69) is 0 Å². The lowest BCUT2D eigenvalue weighted by molar-refractivity contribution is -0.288. The fraction of sp³-hybridized carbons (Fsp3) is 0.297. The number of aliphatic hydroxyl groups is 1. The molecule has 0 saturated carbocycles. The summed E-state index contributed by atoms with van der Waals surface area (Å²) in [5, 5.41) is 10.2. The predicted molar refractivity (Wildman–Crippen MR) is 171 cm³/mol. The van der Waals surface area contributed by atoms with Gasteiger partial charge in [-0.25, -0.2) is 4.90 Å². The van der Waals surface area contributed by atoms with E-state index < -0.39 is 64.0 Å². The van der Waals surface area contributed by atoms with Crippen LogP contribution in [0, 0.1) is 5.92 Å². The van der Waals surface area contributed by atoms with E-state index in [1.165, 1.54) is 30.3 Å². The van der Waals surface area contributed by atoms with Crippen LogP contribution < -0.4 is 4.90 Å². The molecule has 0 aliphatic carbocycles. The van der Waals surface area contributed by atoms with Crippen molar-refractivity contribution in [1.29, 1.82) is 0 Å². The van der Waals surface area contributed by atoms with Gasteiger partial charge in [0.15, 0.2) is 0 Å². The number of nitrogens with zero attached hydrogens (tertiary/aromatic N) is 2. The van der Waals surface area contributed by atoms with E-state index in [9.17, 15) is 50.6 Å². The van der Waals surface area contributed by atoms with Crippen LogP contribution in [0.3, 0.4) is 0 Å². The van der Waals surface area contributed by atoms with Crippen molar-refractivity contribution < 1.29 is 50.6 Å². The second-order valence-electron chi connectivity index (χ2n) is 12.6. The molecule has 0 spiro atoms. The largest absolute Gasteiger partial charge is 0.411 e. The van der Waals surface area contributed by atoms with Crippen molar-refractivity contribution in [2.24, 2.45) is 5.92 Å². The minimum atomic E-state index is -5.82. The van der Waals surface area contributed by atoms with E-state index in [0.29, 0.717) is 29.9 Å². The molecule has 260 valence electrons. The maximum Gasteiger partial charge on any atom is 0.411 e. The van der Waals surface area contributed by atoms with Gasteiger partial charge in [-0.2, -0.15) is 26.3 Å². The van der Waals surface area contributed by atoms with Crippen LogP contribution in [0.25, 0.3) is 10.8 Å². The number of hydrogen-bond acceptors (Lipinski definition) is 5. The molecule has 2 atom stereocenters. The quantitative estimate of drug-likeness (QED) is 0.150. The van der Waals surface area contributed by atoms with Gasteiger partial charge >= 0.3 is 12.4 Å². The number of alkyl halides is 6. The van der Waals surface area contributed by atoms with Crippen LogP contribution in [0.2, 0.25) is 0 Å². The van der Waals surface area contributed by atoms with Gasteiger partial charge in [0.25, 0.3) is 23.6 Å². The van der Waals surface area contributed by atoms with Crippen molar-refractivity contribution in [2.45, 2.75) is 56.9 Å². The molecule has 2 unspecified atom stereocenters. The first-order valence-corrected chi connectivity index (χ1v) is 15.8. The van der Waals surface area contributed by atoms with Crippen LogP contribution in [-0.4, -0.2) is 58.1 Å². The molecule has 50 heavy (non-hydrogen) atoms. The number of aliphatic hydroxyl groups excluding tert-OH is 1. The highest BCUT2D eigenvalue weighted by atomic mass is 19.4. The lowest BCUT2D eigenvalue weighted by Gasteiger charge is -2.46. The molecular formula is C37H30F6N2O5. The number of benzene rings is 4. The number of rotatable bonds is 8. The molecule has 0 radical (unpaired) electrons. The summed E-state index contributed by atoms with van der Waals surface area (Å²) in [6, 6.07) is 13.0. The van der Waals surface area contributed by atoms with Crippen molar-refractivity contribution in [3.63, 3.8) is 0 Å². The van der Waals surface area contributed by atoms with Crippen molar-refractivity contribution >= 4 is 40.1 Å². The number of carbonyl (C=O) groups is 4. The summed E-state index contributed by atoms with van der Waals surface area (Å²) >= 11 is 0. The van der Waals surface area contributed by atoms with Gasteiger partial charge < -0.3 is 5.11 Å². The minimum absolute atomic E-state index is 0.0360. The molecule has 2 aliphatic heterocycles. The molecule has 2 aliphatic rings. The summed E-state index contributed by atoms with van der Waals surface area (Å²) in [4.78, 5) is 57.5. The summed E-state index contributed by atoms with van der Waals surface area (Å²) < 4.78 is 87.3. The highest BCUT2D eigenvalue weighted by molar-refractivity contribution is 6.39. The zero-order chi connectivity index (χ0) is 36.6. The first kappa shape index (κ1) is 34.8. The van der Waals surface area contributed by atoms with E-state index in [1.807, 2.05) is 6.92 Å². The molecule has 1 N–H and O–H groups in total. The molecule has 4 aromatic rings. The average molecular weight is 697 g/mol. The van der Waals surface area contributed by atoms with Gasteiger partial charge in [0.05, 0.1) is 11.2 Å². The third kappa shape index (κ3) is 4.62. The van der Waals surface area contributed by atoms with Crippen LogP contribution in [0.4, 0.5) is 32.0 Å². The number of hydrogen-bond donors (Lipinski definition) is 1. The van der Waals surface area contributed by atoms with Gasteiger partial charge in [0, 0.05) is 45.6 Å². The van der Waals surface area contributed by atoms with E-state index in [4.69, 9.17) is 0 Å². The Labute approximate surface area is 282 Å². The normalized spacial score (nSPS) is 17.0. The molecule has 6 rings (SSSR count). The van der Waals surface area contributed by atoms with E-state index in [0.717, 1.165) is 41.3 Å². The molecular weight excluding hydrogens is 666 g/mol. The molecule has 4 amide bonds. The Kier molecular flexibility index (Phi) is 8.21. The average Bonchev–Trinajstić information content (AvgIpc) is 3.07. The fourth-order valence-electron chi connectivity index (χ4n) is 7.50. The predicted octanol–water partition coefficient (Wildman–Crippen LogP) is 7.83. The Balaban J connectivity index is 1.45. The number of halogens is 6. The number of imide groups is 2. The van der Waals surface area contributed by atoms with Gasteiger partial charge in [-0.1, -0.05) is 56.3 Å². The van der Waals surface area contributed by atoms with E-state index >= 15 is 0 Å². The molecule has 0 fully saturated rings. The number of anilines is 1. The summed E-state index contributed by atoms with van der Waals surface area (Å²) in [6.45, 7) is 5.05. The zero-order valence-corrected chi connectivity index (χ0v) is 26.9. The SMILES string of the molecule is CCC(CO)C(C)(CC)N1C(=O)c2ccc3c4c(ccc(c24)C1=O)C(=O)N(c1ccc(C(c2ccccc2)(C(F)(F)F)C(F)(F)F)cc1)C3=O. The summed E-state index contributed by atoms with van der Waals surface area (Å²) in [6.07, 6.45) is -10.8. The molecule has 0 bridgehead atoms. The molecule has 0 aromatic heterocycles. The molecule has 7 nitrogen and oxygen atoms in total. The number of amides is 4. The molecule has 2 heterocycles. The Hall–Kier alpha value is -5.04. The molecule has 0 saturated heterocycles. The standard InChI is InChI=1S/C37H30F6N2O5/c1-4-20(19-46)34(3,5-2)45-32(49)26-17-15-24-28-25(16-18-27(29(26)28)33(45)50)31(48)44(30(24)47)23-13-11-22(12-14-23)35(36(38,39)40,37(41,42)43)21-9-7-6-8-10-21/h6-18,20,46H,4-5,19H2,1-3H3. The monoisotopic (exact) mass is 696 g/mol. The Morgan fingerprint density at radius 1 is 0.620 bits per heavy atom. The summed E-state index contributed by atoms with van der Waals surface area (Å²) in [5.74, 6) is -3.68. The van der Waals surface area contributed by atoms with Crippen LogP contribution in [0.15, 0.2) is 78.9 Å². The van der Waals surface area contributed by atoms with Gasteiger partial charge in [0.1, 0.15) is 0 Å². The highest BCUT2D eigenvalue weighted by Gasteiger charge is 2.72. The van der Waals surface area contributed by atoms with Gasteiger partial charge in [-0.15, -0.1) is 0 Å². The van der Waals surface area contributed by atoms with Crippen LogP contribution in [0.5, 0.6) is 0 Å². The molecule has 13 heteroatoms. The van der Waals surface area contributed by atoms with E-state index in [-0.39, 0.29) is 45.3 Å². The van der Waals surface area contributed by atoms with Crippen LogP contribution in [0.1, 0.15) is 86.2 Å². The maximum atomic E-state index is 14.6. The Morgan fingerprint density at radius 3 is 1.42 bits per heavy atom. The first-order chi connectivity index (χ1) is 23.5. The van der Waals surface area contributed by atoms with Crippen molar-refractivity contribution in [2.75, 3.05) is 11.5 Å². The minimum Gasteiger partial charge on any atom is -0.396 e. The topological polar surface area (TPSA) is 95.0 Å². The van der Waals surface area contributed by atoms with Gasteiger partial charge in [-0.05, 0) is 67.3 Å². The first-order valence-electron chi connectivity index (χ1n) is 15.8. The van der Waals surface area contributed by atoms with Gasteiger partial charge in [-0.3, -0.25) is 24.1 Å². The summed E-state index contributed by atoms with van der Waals surface area (Å²) in [7, 11) is 0. The lowest BCUT2D eigenvalue weighted by Crippen LogP contribution is -2.58. The zero-order valence-electron chi connectivity index (χ0n) is 26.9. The maximum absolute atomic E-state index is 14.6. The van der Waals surface area contributed by atoms with Crippen LogP contribution >= 0.6 is 0 Å². The Bertz CT molecular complexity index is 1970. The third-order valence-electron chi connectivity index (χ3n) is 10.3. The smallest absolute Gasteiger partial charge is 0.396 e.